The van der Waals surface area contributed by atoms with E-state index in [2.05, 4.69) is 13.2 Å². The molecule has 1 nitrogen and oxygen atoms in total. The molecule has 0 aliphatic rings. The van der Waals surface area contributed by atoms with Crippen LogP contribution in [0.25, 0.3) is 12.3 Å². The molecule has 0 amide bonds. The Morgan fingerprint density at radius 2 is 2.00 bits per heavy atom. The molecule has 1 aromatic rings. The highest BCUT2D eigenvalue weighted by Gasteiger charge is 1.84. The average molecular weight is 145 g/mol. The van der Waals surface area contributed by atoms with Crippen LogP contribution in [0.2, 0.25) is 0 Å². The van der Waals surface area contributed by atoms with Crippen LogP contribution in [0, 0.1) is 0 Å². The highest BCUT2D eigenvalue weighted by atomic mass is 14.5. The zero-order chi connectivity index (χ0) is 8.27. The third-order valence-corrected chi connectivity index (χ3v) is 1.55. The third-order valence-electron chi connectivity index (χ3n) is 1.55. The molecule has 0 aliphatic carbocycles. The van der Waals surface area contributed by atoms with Crippen molar-refractivity contribution in [3.63, 3.8) is 0 Å². The molecule has 0 bridgehead atoms. The summed E-state index contributed by atoms with van der Waals surface area (Å²) in [6.45, 7) is 7.43. The van der Waals surface area contributed by atoms with Crippen molar-refractivity contribution < 1.29 is 0 Å². The minimum Gasteiger partial charge on any atom is -0.398 e. The van der Waals surface area contributed by atoms with Crippen molar-refractivity contribution in [1.29, 1.82) is 0 Å². The zero-order valence-electron chi connectivity index (χ0n) is 6.38. The normalized spacial score (nSPS) is 12.4. The Kier molecular flexibility index (Phi) is 2.12. The van der Waals surface area contributed by atoms with E-state index in [0.29, 0.717) is 5.70 Å². The Morgan fingerprint density at radius 1 is 1.36 bits per heavy atom. The van der Waals surface area contributed by atoms with Gasteiger partial charge >= 0.3 is 0 Å². The van der Waals surface area contributed by atoms with Crippen molar-refractivity contribution in [2.45, 2.75) is 0 Å². The van der Waals surface area contributed by atoms with E-state index in [1.165, 1.54) is 0 Å². The first-order valence-corrected chi connectivity index (χ1v) is 3.42. The molecule has 1 rings (SSSR count). The summed E-state index contributed by atoms with van der Waals surface area (Å²) in [5.41, 5.74) is 6.33. The molecule has 0 radical (unpaired) electrons. The van der Waals surface area contributed by atoms with E-state index in [0.717, 1.165) is 10.4 Å². The van der Waals surface area contributed by atoms with Crippen LogP contribution in [-0.2, 0) is 0 Å². The van der Waals surface area contributed by atoms with Crippen LogP contribution in [0.1, 0.15) is 0 Å². The van der Waals surface area contributed by atoms with Crippen LogP contribution in [0.3, 0.4) is 0 Å². The van der Waals surface area contributed by atoms with Crippen molar-refractivity contribution in [3.05, 3.63) is 47.4 Å². The largest absolute Gasteiger partial charge is 0.398 e. The molecule has 0 saturated heterocycles. The van der Waals surface area contributed by atoms with Gasteiger partial charge < -0.3 is 5.73 Å². The van der Waals surface area contributed by atoms with Crippen molar-refractivity contribution in [1.82, 2.24) is 0 Å². The molecule has 0 saturated carbocycles. The molecular weight excluding hydrogens is 134 g/mol. The van der Waals surface area contributed by atoms with Gasteiger partial charge in [-0.05, 0) is 11.3 Å². The zero-order valence-corrected chi connectivity index (χ0v) is 6.38. The molecule has 1 aromatic carbocycles. The lowest BCUT2D eigenvalue weighted by atomic mass is 10.2. The molecule has 0 spiro atoms. The molecule has 11 heavy (non-hydrogen) atoms. The van der Waals surface area contributed by atoms with E-state index < -0.39 is 0 Å². The van der Waals surface area contributed by atoms with Crippen LogP contribution in [0.15, 0.2) is 36.9 Å². The van der Waals surface area contributed by atoms with Crippen molar-refractivity contribution in [2.75, 3.05) is 0 Å². The van der Waals surface area contributed by atoms with E-state index in [4.69, 9.17) is 5.73 Å². The summed E-state index contributed by atoms with van der Waals surface area (Å²) in [5, 5.41) is 1.90. The van der Waals surface area contributed by atoms with E-state index in [9.17, 15) is 0 Å². The van der Waals surface area contributed by atoms with Gasteiger partial charge in [0.25, 0.3) is 0 Å². The van der Waals surface area contributed by atoms with Crippen LogP contribution in [0.5, 0.6) is 0 Å². The van der Waals surface area contributed by atoms with Crippen molar-refractivity contribution in [2.24, 2.45) is 5.73 Å². The number of nitrogens with two attached hydrogens (primary N) is 1. The molecule has 56 valence electrons. The van der Waals surface area contributed by atoms with Gasteiger partial charge in [0.05, 0.1) is 0 Å². The minimum atomic E-state index is 0.676. The number of hydrogen-bond acceptors (Lipinski definition) is 1. The Balaban J connectivity index is 3.59. The second kappa shape index (κ2) is 3.06. The summed E-state index contributed by atoms with van der Waals surface area (Å²) in [4.78, 5) is 0. The first-order chi connectivity index (χ1) is 5.25. The van der Waals surface area contributed by atoms with Crippen molar-refractivity contribution >= 4 is 12.3 Å². The molecule has 0 unspecified atom stereocenters. The predicted octanol–water partition coefficient (Wildman–Crippen LogP) is 0.350. The van der Waals surface area contributed by atoms with Gasteiger partial charge in [-0.25, -0.2) is 0 Å². The molecule has 0 fully saturated rings. The van der Waals surface area contributed by atoms with Crippen LogP contribution in [0.4, 0.5) is 0 Å². The minimum absolute atomic E-state index is 0.676. The van der Waals surface area contributed by atoms with Crippen LogP contribution in [-0.4, -0.2) is 0 Å². The predicted molar refractivity (Wildman–Crippen MR) is 49.0 cm³/mol. The van der Waals surface area contributed by atoms with Crippen LogP contribution < -0.4 is 16.2 Å². The van der Waals surface area contributed by atoms with E-state index in [1.54, 1.807) is 6.08 Å². The molecule has 0 aromatic heterocycles. The number of hydrogen-bond donors (Lipinski definition) is 1. The molecule has 0 aliphatic heterocycles. The van der Waals surface area contributed by atoms with Crippen LogP contribution >= 0.6 is 0 Å². The number of rotatable bonds is 1. The highest BCUT2D eigenvalue weighted by Crippen LogP contribution is 1.78. The van der Waals surface area contributed by atoms with Gasteiger partial charge in [-0.2, -0.15) is 0 Å². The smallest absolute Gasteiger partial charge is 0.0387 e. The Morgan fingerprint density at radius 3 is 2.55 bits per heavy atom. The van der Waals surface area contributed by atoms with Gasteiger partial charge in [0.15, 0.2) is 0 Å². The molecule has 1 heteroatoms. The first-order valence-electron chi connectivity index (χ1n) is 3.42. The second-order valence-corrected chi connectivity index (χ2v) is 2.32. The molecule has 2 N–H and O–H groups in total. The molecule has 0 atom stereocenters. The third kappa shape index (κ3) is 1.49. The van der Waals surface area contributed by atoms with Gasteiger partial charge in [0, 0.05) is 10.9 Å². The number of benzene rings is 1. The summed E-state index contributed by atoms with van der Waals surface area (Å²) >= 11 is 0. The van der Waals surface area contributed by atoms with Gasteiger partial charge in [-0.3, -0.25) is 0 Å². The Bertz CT molecular complexity index is 363. The van der Waals surface area contributed by atoms with E-state index in [1.807, 2.05) is 24.3 Å². The van der Waals surface area contributed by atoms with Crippen molar-refractivity contribution in [3.8, 4) is 0 Å². The topological polar surface area (TPSA) is 26.0 Å². The standard InChI is InChI=1S/C10H11N/c1-3-10(11)9-7-5-4-6-8(9)2/h3-7H,1-2,11H2/b10-9+. The quantitative estimate of drug-likeness (QED) is 0.606. The SMILES string of the molecule is C=C/C(N)=c1/ccccc1=C. The summed E-state index contributed by atoms with van der Waals surface area (Å²) in [6.07, 6.45) is 1.63. The van der Waals surface area contributed by atoms with Gasteiger partial charge in [-0.1, -0.05) is 37.4 Å². The van der Waals surface area contributed by atoms with Gasteiger partial charge in [-0.15, -0.1) is 0 Å². The lowest BCUT2D eigenvalue weighted by molar-refractivity contribution is 1.46. The maximum absolute atomic E-state index is 5.65. The fourth-order valence-corrected chi connectivity index (χ4v) is 0.912. The maximum Gasteiger partial charge on any atom is 0.0387 e. The summed E-state index contributed by atoms with van der Waals surface area (Å²) < 4.78 is 0. The highest BCUT2D eigenvalue weighted by molar-refractivity contribution is 5.51. The average Bonchev–Trinajstić information content (AvgIpc) is 2.04. The summed E-state index contributed by atoms with van der Waals surface area (Å²) in [5.74, 6) is 0. The maximum atomic E-state index is 5.65. The Labute approximate surface area is 66.2 Å². The monoisotopic (exact) mass is 145 g/mol. The lowest BCUT2D eigenvalue weighted by Gasteiger charge is -1.91. The van der Waals surface area contributed by atoms with Gasteiger partial charge in [0.2, 0.25) is 0 Å². The first kappa shape index (κ1) is 7.61. The fourth-order valence-electron chi connectivity index (χ4n) is 0.912. The summed E-state index contributed by atoms with van der Waals surface area (Å²) in [7, 11) is 0. The lowest BCUT2D eigenvalue weighted by Crippen LogP contribution is -2.27. The fraction of sp³-hybridized carbons (Fsp3) is 0. The van der Waals surface area contributed by atoms with E-state index in [-0.39, 0.29) is 0 Å². The Hall–Kier alpha value is -1.50. The second-order valence-electron chi connectivity index (χ2n) is 2.32. The van der Waals surface area contributed by atoms with E-state index >= 15 is 0 Å². The summed E-state index contributed by atoms with van der Waals surface area (Å²) in [6, 6.07) is 7.72. The van der Waals surface area contributed by atoms with Gasteiger partial charge in [0.1, 0.15) is 0 Å². The molecule has 0 heterocycles. The molecular formula is C10H11N.